The van der Waals surface area contributed by atoms with Gasteiger partial charge in [0.1, 0.15) is 11.3 Å². The van der Waals surface area contributed by atoms with Crippen molar-refractivity contribution in [2.45, 2.75) is 38.6 Å². The summed E-state index contributed by atoms with van der Waals surface area (Å²) in [7, 11) is 1.98. The number of halogens is 1. The summed E-state index contributed by atoms with van der Waals surface area (Å²) in [5.74, 6) is 1.62. The van der Waals surface area contributed by atoms with Gasteiger partial charge in [-0.15, -0.1) is 11.6 Å². The number of hydrogen-bond acceptors (Lipinski definition) is 3. The monoisotopic (exact) mass is 296 g/mol. The Kier molecular flexibility index (Phi) is 3.50. The third-order valence-corrected chi connectivity index (χ3v) is 4.34. The summed E-state index contributed by atoms with van der Waals surface area (Å²) in [6, 6.07) is 0. The van der Waals surface area contributed by atoms with Crippen molar-refractivity contribution in [3.05, 3.63) is 11.5 Å². The molecule has 0 radical (unpaired) electrons. The highest BCUT2D eigenvalue weighted by molar-refractivity contribution is 6.17. The predicted octanol–water partition coefficient (Wildman–Crippen LogP) is 2.39. The molecule has 1 unspecified atom stereocenters. The maximum atomic E-state index is 5.96. The molecule has 0 bridgehead atoms. The number of aromatic nitrogens is 4. The summed E-state index contributed by atoms with van der Waals surface area (Å²) >= 11 is 5.96. The van der Waals surface area contributed by atoms with Crippen LogP contribution in [0.25, 0.3) is 11.2 Å². The zero-order valence-corrected chi connectivity index (χ0v) is 13.1. The predicted molar refractivity (Wildman–Crippen MR) is 79.4 cm³/mol. The molecule has 1 fully saturated rings. The Labute approximate surface area is 123 Å². The highest BCUT2D eigenvalue weighted by Gasteiger charge is 2.34. The van der Waals surface area contributed by atoms with Gasteiger partial charge in [0.25, 0.3) is 0 Å². The van der Waals surface area contributed by atoms with E-state index in [1.54, 1.807) is 0 Å². The standard InChI is InChI=1S/C14H21ClN4O/c1-10-12-13(18(3)17-10)19(11(16-12)5-7-15)14(2)6-4-8-20-9-14/h4-9H2,1-3H3. The van der Waals surface area contributed by atoms with Crippen LogP contribution in [-0.4, -0.2) is 38.4 Å². The molecule has 1 aliphatic rings. The van der Waals surface area contributed by atoms with Crippen LogP contribution in [0.1, 0.15) is 31.3 Å². The van der Waals surface area contributed by atoms with Gasteiger partial charge < -0.3 is 9.30 Å². The molecule has 3 heterocycles. The fourth-order valence-corrected chi connectivity index (χ4v) is 3.40. The Bertz CT molecular complexity index is 625. The Morgan fingerprint density at radius 3 is 2.90 bits per heavy atom. The number of imidazole rings is 1. The van der Waals surface area contributed by atoms with Gasteiger partial charge >= 0.3 is 0 Å². The van der Waals surface area contributed by atoms with E-state index in [0.717, 1.165) is 55.2 Å². The van der Waals surface area contributed by atoms with Crippen LogP contribution < -0.4 is 0 Å². The molecule has 3 rings (SSSR count). The van der Waals surface area contributed by atoms with Crippen LogP contribution in [0.3, 0.4) is 0 Å². The lowest BCUT2D eigenvalue weighted by Gasteiger charge is -2.36. The molecule has 1 saturated heterocycles. The molecular weight excluding hydrogens is 276 g/mol. The van der Waals surface area contributed by atoms with Crippen LogP contribution in [0.5, 0.6) is 0 Å². The molecule has 0 amide bonds. The molecule has 0 N–H and O–H groups in total. The maximum absolute atomic E-state index is 5.96. The Morgan fingerprint density at radius 2 is 2.25 bits per heavy atom. The SMILES string of the molecule is Cc1nn(C)c2c1nc(CCCl)n2C1(C)CCCOC1. The van der Waals surface area contributed by atoms with Crippen molar-refractivity contribution < 1.29 is 4.74 Å². The Hall–Kier alpha value is -1.07. The van der Waals surface area contributed by atoms with Crippen LogP contribution in [0.4, 0.5) is 0 Å². The number of nitrogens with zero attached hydrogens (tertiary/aromatic N) is 4. The zero-order chi connectivity index (χ0) is 14.3. The number of rotatable bonds is 3. The first-order valence-electron chi connectivity index (χ1n) is 7.12. The van der Waals surface area contributed by atoms with E-state index < -0.39 is 0 Å². The van der Waals surface area contributed by atoms with Gasteiger partial charge in [-0.25, -0.2) is 4.98 Å². The summed E-state index contributed by atoms with van der Waals surface area (Å²) in [6.07, 6.45) is 2.94. The lowest BCUT2D eigenvalue weighted by Crippen LogP contribution is -2.40. The summed E-state index contributed by atoms with van der Waals surface area (Å²) in [6.45, 7) is 5.82. The van der Waals surface area contributed by atoms with Gasteiger partial charge in [0.05, 0.1) is 17.8 Å². The van der Waals surface area contributed by atoms with Crippen LogP contribution >= 0.6 is 11.6 Å². The van der Waals surface area contributed by atoms with Crippen LogP contribution in [0, 0.1) is 6.92 Å². The first kappa shape index (κ1) is 13.9. The highest BCUT2D eigenvalue weighted by atomic mass is 35.5. The van der Waals surface area contributed by atoms with Crippen molar-refractivity contribution in [3.8, 4) is 0 Å². The minimum absolute atomic E-state index is 0.0609. The number of alkyl halides is 1. The highest BCUT2D eigenvalue weighted by Crippen LogP contribution is 2.33. The summed E-state index contributed by atoms with van der Waals surface area (Å²) < 4.78 is 9.96. The third kappa shape index (κ3) is 2.04. The lowest BCUT2D eigenvalue weighted by atomic mass is 9.94. The lowest BCUT2D eigenvalue weighted by molar-refractivity contribution is 0.00973. The molecule has 0 saturated carbocycles. The average Bonchev–Trinajstić information content (AvgIpc) is 2.91. The summed E-state index contributed by atoms with van der Waals surface area (Å²) in [5.41, 5.74) is 2.97. The van der Waals surface area contributed by atoms with E-state index in [1.165, 1.54) is 0 Å². The first-order valence-corrected chi connectivity index (χ1v) is 7.65. The minimum Gasteiger partial charge on any atom is -0.379 e. The summed E-state index contributed by atoms with van der Waals surface area (Å²) in [4.78, 5) is 4.78. The van der Waals surface area contributed by atoms with E-state index in [9.17, 15) is 0 Å². The molecule has 0 aliphatic carbocycles. The molecule has 6 heteroatoms. The van der Waals surface area contributed by atoms with Crippen molar-refractivity contribution in [3.63, 3.8) is 0 Å². The number of aryl methyl sites for hydroxylation is 3. The van der Waals surface area contributed by atoms with Gasteiger partial charge in [-0.2, -0.15) is 5.10 Å². The molecule has 0 aromatic carbocycles. The molecular formula is C14H21ClN4O. The van der Waals surface area contributed by atoms with E-state index >= 15 is 0 Å². The van der Waals surface area contributed by atoms with Gasteiger partial charge in [-0.05, 0) is 26.7 Å². The third-order valence-electron chi connectivity index (χ3n) is 4.15. The molecule has 110 valence electrons. The van der Waals surface area contributed by atoms with Gasteiger partial charge in [0, 0.05) is 26.0 Å². The van der Waals surface area contributed by atoms with E-state index in [1.807, 2.05) is 18.7 Å². The van der Waals surface area contributed by atoms with Crippen LogP contribution in [0.2, 0.25) is 0 Å². The van der Waals surface area contributed by atoms with Gasteiger partial charge in [-0.3, -0.25) is 4.68 Å². The second-order valence-corrected chi connectivity index (χ2v) is 6.21. The molecule has 2 aromatic heterocycles. The summed E-state index contributed by atoms with van der Waals surface area (Å²) in [5, 5.41) is 4.50. The number of hydrogen-bond donors (Lipinski definition) is 0. The van der Waals surface area contributed by atoms with Crippen molar-refractivity contribution >= 4 is 22.8 Å². The minimum atomic E-state index is -0.0609. The molecule has 1 aliphatic heterocycles. The smallest absolute Gasteiger partial charge is 0.159 e. The Morgan fingerprint density at radius 1 is 1.45 bits per heavy atom. The van der Waals surface area contributed by atoms with E-state index in [-0.39, 0.29) is 5.54 Å². The number of ether oxygens (including phenoxy) is 1. The first-order chi connectivity index (χ1) is 9.57. The average molecular weight is 297 g/mol. The van der Waals surface area contributed by atoms with E-state index in [2.05, 4.69) is 16.6 Å². The quantitative estimate of drug-likeness (QED) is 0.817. The van der Waals surface area contributed by atoms with Crippen molar-refractivity contribution in [2.24, 2.45) is 7.05 Å². The van der Waals surface area contributed by atoms with Crippen LogP contribution in [-0.2, 0) is 23.7 Å². The van der Waals surface area contributed by atoms with Crippen molar-refractivity contribution in [2.75, 3.05) is 19.1 Å². The van der Waals surface area contributed by atoms with Crippen molar-refractivity contribution in [1.29, 1.82) is 0 Å². The van der Waals surface area contributed by atoms with E-state index in [0.29, 0.717) is 5.88 Å². The molecule has 20 heavy (non-hydrogen) atoms. The Balaban J connectivity index is 2.22. The largest absolute Gasteiger partial charge is 0.379 e. The second-order valence-electron chi connectivity index (χ2n) is 5.84. The number of fused-ring (bicyclic) bond motifs is 1. The molecule has 1 atom stereocenters. The fourth-order valence-electron chi connectivity index (χ4n) is 3.23. The van der Waals surface area contributed by atoms with Gasteiger partial charge in [-0.1, -0.05) is 0 Å². The molecule has 5 nitrogen and oxygen atoms in total. The fraction of sp³-hybridized carbons (Fsp3) is 0.714. The van der Waals surface area contributed by atoms with Crippen molar-refractivity contribution in [1.82, 2.24) is 19.3 Å². The van der Waals surface area contributed by atoms with Gasteiger partial charge in [0.2, 0.25) is 0 Å². The van der Waals surface area contributed by atoms with Crippen LogP contribution in [0.15, 0.2) is 0 Å². The van der Waals surface area contributed by atoms with E-state index in [4.69, 9.17) is 21.3 Å². The topological polar surface area (TPSA) is 44.9 Å². The normalized spacial score (nSPS) is 23.6. The van der Waals surface area contributed by atoms with Gasteiger partial charge in [0.15, 0.2) is 5.65 Å². The maximum Gasteiger partial charge on any atom is 0.159 e. The zero-order valence-electron chi connectivity index (χ0n) is 12.3. The second kappa shape index (κ2) is 5.04. The molecule has 2 aromatic rings. The molecule has 0 spiro atoms.